The lowest BCUT2D eigenvalue weighted by atomic mass is 9.92. The van der Waals surface area contributed by atoms with Gasteiger partial charge in [0, 0.05) is 26.4 Å². The summed E-state index contributed by atoms with van der Waals surface area (Å²) >= 11 is 0. The molecule has 1 saturated heterocycles. The molecule has 0 saturated carbocycles. The molecule has 23 heavy (non-hydrogen) atoms. The summed E-state index contributed by atoms with van der Waals surface area (Å²) in [5.41, 5.74) is 1.70. The van der Waals surface area contributed by atoms with Gasteiger partial charge >= 0.3 is 0 Å². The van der Waals surface area contributed by atoms with Gasteiger partial charge in [-0.25, -0.2) is 4.68 Å². The Balaban J connectivity index is 1.59. The van der Waals surface area contributed by atoms with Gasteiger partial charge in [0.15, 0.2) is 0 Å². The molecule has 0 spiro atoms. The topological polar surface area (TPSA) is 63.4 Å². The molecule has 2 heterocycles. The van der Waals surface area contributed by atoms with Gasteiger partial charge in [-0.2, -0.15) is 0 Å². The predicted molar refractivity (Wildman–Crippen MR) is 86.6 cm³/mol. The van der Waals surface area contributed by atoms with Gasteiger partial charge in [0.1, 0.15) is 0 Å². The molecular formula is C17H24N4O2. The third kappa shape index (κ3) is 4.37. The zero-order valence-corrected chi connectivity index (χ0v) is 13.6. The quantitative estimate of drug-likeness (QED) is 0.874. The molecule has 1 aliphatic heterocycles. The average molecular weight is 316 g/mol. The monoisotopic (exact) mass is 316 g/mol. The van der Waals surface area contributed by atoms with Gasteiger partial charge in [-0.3, -0.25) is 4.90 Å². The van der Waals surface area contributed by atoms with Crippen molar-refractivity contribution >= 4 is 0 Å². The van der Waals surface area contributed by atoms with Crippen LogP contribution in [0.1, 0.15) is 24.0 Å². The SMILES string of the molecule is COCc1ccc(CN2CCCC(O)(Cn3ccnn3)C2)cc1. The van der Waals surface area contributed by atoms with E-state index in [0.717, 1.165) is 25.9 Å². The minimum absolute atomic E-state index is 0.496. The molecule has 2 aromatic rings. The van der Waals surface area contributed by atoms with Gasteiger partial charge in [-0.05, 0) is 30.5 Å². The van der Waals surface area contributed by atoms with Crippen molar-refractivity contribution in [2.24, 2.45) is 0 Å². The van der Waals surface area contributed by atoms with Gasteiger partial charge in [0.05, 0.1) is 24.9 Å². The number of likely N-dealkylation sites (tertiary alicyclic amines) is 1. The number of hydrogen-bond donors (Lipinski definition) is 1. The van der Waals surface area contributed by atoms with E-state index in [1.54, 1.807) is 24.2 Å². The molecule has 6 heteroatoms. The van der Waals surface area contributed by atoms with Crippen molar-refractivity contribution in [1.29, 1.82) is 0 Å². The summed E-state index contributed by atoms with van der Waals surface area (Å²) in [7, 11) is 1.71. The largest absolute Gasteiger partial charge is 0.387 e. The first-order valence-electron chi connectivity index (χ1n) is 8.02. The number of nitrogens with zero attached hydrogens (tertiary/aromatic N) is 4. The molecule has 1 unspecified atom stereocenters. The first kappa shape index (κ1) is 16.1. The van der Waals surface area contributed by atoms with Gasteiger partial charge in [-0.1, -0.05) is 29.5 Å². The van der Waals surface area contributed by atoms with Crippen LogP contribution in [-0.2, 0) is 24.4 Å². The summed E-state index contributed by atoms with van der Waals surface area (Å²) in [6, 6.07) is 8.48. The number of rotatable bonds is 6. The second-order valence-electron chi connectivity index (χ2n) is 6.39. The maximum atomic E-state index is 10.9. The molecule has 1 aliphatic rings. The number of aromatic nitrogens is 3. The minimum atomic E-state index is -0.734. The highest BCUT2D eigenvalue weighted by atomic mass is 16.5. The summed E-state index contributed by atoms with van der Waals surface area (Å²) in [6.45, 7) is 3.66. The molecule has 6 nitrogen and oxygen atoms in total. The number of methoxy groups -OCH3 is 1. The number of hydrogen-bond acceptors (Lipinski definition) is 5. The zero-order valence-electron chi connectivity index (χ0n) is 13.6. The molecule has 0 amide bonds. The van der Waals surface area contributed by atoms with E-state index in [2.05, 4.69) is 39.5 Å². The van der Waals surface area contributed by atoms with Crippen LogP contribution in [-0.4, -0.2) is 50.8 Å². The lowest BCUT2D eigenvalue weighted by molar-refractivity contribution is -0.0478. The molecular weight excluding hydrogens is 292 g/mol. The highest BCUT2D eigenvalue weighted by Crippen LogP contribution is 2.24. The number of piperidine rings is 1. The summed E-state index contributed by atoms with van der Waals surface area (Å²) in [6.07, 6.45) is 5.24. The van der Waals surface area contributed by atoms with Crippen molar-refractivity contribution in [3.63, 3.8) is 0 Å². The molecule has 1 aromatic carbocycles. The fourth-order valence-corrected chi connectivity index (χ4v) is 3.25. The third-order valence-corrected chi connectivity index (χ3v) is 4.30. The fraction of sp³-hybridized carbons (Fsp3) is 0.529. The lowest BCUT2D eigenvalue weighted by Gasteiger charge is -2.39. The highest BCUT2D eigenvalue weighted by Gasteiger charge is 2.33. The summed E-state index contributed by atoms with van der Waals surface area (Å²) in [4.78, 5) is 2.31. The van der Waals surface area contributed by atoms with Gasteiger partial charge in [-0.15, -0.1) is 5.10 Å². The average Bonchev–Trinajstić information content (AvgIpc) is 3.02. The third-order valence-electron chi connectivity index (χ3n) is 4.30. The Morgan fingerprint density at radius 3 is 2.74 bits per heavy atom. The van der Waals surface area contributed by atoms with Crippen LogP contribution in [0.15, 0.2) is 36.7 Å². The minimum Gasteiger partial charge on any atom is -0.387 e. The number of ether oxygens (including phenoxy) is 1. The van der Waals surface area contributed by atoms with Crippen LogP contribution >= 0.6 is 0 Å². The molecule has 124 valence electrons. The van der Waals surface area contributed by atoms with Crippen LogP contribution in [0.2, 0.25) is 0 Å². The van der Waals surface area contributed by atoms with E-state index in [1.165, 1.54) is 11.1 Å². The van der Waals surface area contributed by atoms with E-state index >= 15 is 0 Å². The summed E-state index contributed by atoms with van der Waals surface area (Å²) in [5.74, 6) is 0. The van der Waals surface area contributed by atoms with E-state index in [1.807, 2.05) is 0 Å². The maximum Gasteiger partial charge on any atom is 0.0970 e. The second kappa shape index (κ2) is 7.21. The van der Waals surface area contributed by atoms with E-state index in [4.69, 9.17) is 4.74 Å². The first-order chi connectivity index (χ1) is 11.2. The molecule has 0 bridgehead atoms. The van der Waals surface area contributed by atoms with Crippen LogP contribution in [0.4, 0.5) is 0 Å². The van der Waals surface area contributed by atoms with Crippen LogP contribution < -0.4 is 0 Å². The molecule has 1 fully saturated rings. The Labute approximate surface area is 136 Å². The van der Waals surface area contributed by atoms with Crippen LogP contribution in [0.25, 0.3) is 0 Å². The van der Waals surface area contributed by atoms with E-state index < -0.39 is 5.60 Å². The van der Waals surface area contributed by atoms with E-state index in [0.29, 0.717) is 19.7 Å². The summed E-state index contributed by atoms with van der Waals surface area (Å²) in [5, 5.41) is 18.6. The van der Waals surface area contributed by atoms with Gasteiger partial charge in [0.25, 0.3) is 0 Å². The van der Waals surface area contributed by atoms with Crippen LogP contribution in [0.5, 0.6) is 0 Å². The number of aliphatic hydroxyl groups is 1. The summed E-state index contributed by atoms with van der Waals surface area (Å²) < 4.78 is 6.85. The molecule has 1 aromatic heterocycles. The van der Waals surface area contributed by atoms with Crippen molar-refractivity contribution in [1.82, 2.24) is 19.9 Å². The molecule has 0 radical (unpaired) electrons. The van der Waals surface area contributed by atoms with Crippen molar-refractivity contribution in [3.05, 3.63) is 47.8 Å². The molecule has 0 aliphatic carbocycles. The van der Waals surface area contributed by atoms with Gasteiger partial charge in [0.2, 0.25) is 0 Å². The number of benzene rings is 1. The van der Waals surface area contributed by atoms with Crippen molar-refractivity contribution in [3.8, 4) is 0 Å². The Hall–Kier alpha value is -1.76. The normalized spacial score (nSPS) is 22.3. The Bertz CT molecular complexity index is 600. The van der Waals surface area contributed by atoms with Crippen LogP contribution in [0, 0.1) is 0 Å². The smallest absolute Gasteiger partial charge is 0.0970 e. The second-order valence-corrected chi connectivity index (χ2v) is 6.39. The maximum absolute atomic E-state index is 10.9. The highest BCUT2D eigenvalue weighted by molar-refractivity contribution is 5.22. The predicted octanol–water partition coefficient (Wildman–Crippen LogP) is 1.45. The standard InChI is InChI=1S/C17H24N4O2/c1-23-12-16-5-3-15(4-6-16)11-20-9-2-7-17(22,13-20)14-21-10-8-18-19-21/h3-6,8,10,22H,2,7,9,11-14H2,1H3. The van der Waals surface area contributed by atoms with Crippen LogP contribution in [0.3, 0.4) is 0 Å². The molecule has 1 N–H and O–H groups in total. The lowest BCUT2D eigenvalue weighted by Crippen LogP contribution is -2.50. The van der Waals surface area contributed by atoms with Crippen molar-refractivity contribution < 1.29 is 9.84 Å². The molecule has 3 rings (SSSR count). The number of β-amino-alcohol motifs (C(OH)–C–C–N with tert-alkyl or cyclic N) is 1. The Morgan fingerprint density at radius 1 is 1.26 bits per heavy atom. The van der Waals surface area contributed by atoms with Crippen molar-refractivity contribution in [2.75, 3.05) is 20.2 Å². The Kier molecular flexibility index (Phi) is 5.05. The van der Waals surface area contributed by atoms with E-state index in [-0.39, 0.29) is 0 Å². The van der Waals surface area contributed by atoms with Gasteiger partial charge < -0.3 is 9.84 Å². The van der Waals surface area contributed by atoms with E-state index in [9.17, 15) is 5.11 Å². The fourth-order valence-electron chi connectivity index (χ4n) is 3.25. The van der Waals surface area contributed by atoms with Crippen molar-refractivity contribution in [2.45, 2.75) is 38.1 Å². The molecule has 1 atom stereocenters. The Morgan fingerprint density at radius 2 is 2.04 bits per heavy atom. The zero-order chi connectivity index (χ0) is 16.1. The first-order valence-corrected chi connectivity index (χ1v) is 8.02.